The molecule has 2 amide bonds. The molecule has 6 nitrogen and oxygen atoms in total. The van der Waals surface area contributed by atoms with Crippen LogP contribution in [0.15, 0.2) is 0 Å². The van der Waals surface area contributed by atoms with Crippen molar-refractivity contribution >= 4 is 17.6 Å². The van der Waals surface area contributed by atoms with Gasteiger partial charge in [-0.1, -0.05) is 13.8 Å². The minimum atomic E-state index is -0.233. The van der Waals surface area contributed by atoms with Crippen LogP contribution < -0.4 is 0 Å². The van der Waals surface area contributed by atoms with Crippen molar-refractivity contribution < 1.29 is 14.4 Å². The van der Waals surface area contributed by atoms with Crippen molar-refractivity contribution in [1.82, 2.24) is 14.7 Å². The van der Waals surface area contributed by atoms with Gasteiger partial charge in [-0.3, -0.25) is 14.4 Å². The van der Waals surface area contributed by atoms with Crippen molar-refractivity contribution in [1.29, 1.82) is 0 Å². The molecule has 0 aromatic rings. The number of rotatable bonds is 7. The van der Waals surface area contributed by atoms with Crippen LogP contribution in [-0.2, 0) is 14.4 Å². The quantitative estimate of drug-likeness (QED) is 0.637. The van der Waals surface area contributed by atoms with E-state index in [9.17, 15) is 14.4 Å². The fourth-order valence-corrected chi connectivity index (χ4v) is 1.31. The minimum Gasteiger partial charge on any atom is -0.337 e. The smallest absolute Gasteiger partial charge is 0.242 e. The van der Waals surface area contributed by atoms with Crippen molar-refractivity contribution in [3.8, 4) is 0 Å². The molecule has 0 aliphatic heterocycles. The summed E-state index contributed by atoms with van der Waals surface area (Å²) in [5.74, 6) is -0.438. The number of carbonyl (C=O) groups excluding carboxylic acids is 3. The molecule has 0 rings (SSSR count). The predicted molar refractivity (Wildman–Crippen MR) is 73.7 cm³/mol. The lowest BCUT2D eigenvalue weighted by Gasteiger charge is -2.23. The second kappa shape index (κ2) is 7.89. The second-order valence-electron chi connectivity index (χ2n) is 5.36. The lowest BCUT2D eigenvalue weighted by molar-refractivity contribution is -0.140. The third-order valence-corrected chi connectivity index (χ3v) is 2.71. The summed E-state index contributed by atoms with van der Waals surface area (Å²) in [4.78, 5) is 39.6. The van der Waals surface area contributed by atoms with E-state index < -0.39 is 0 Å². The Hall–Kier alpha value is -1.43. The number of amides is 2. The lowest BCUT2D eigenvalue weighted by Crippen LogP contribution is -2.44. The van der Waals surface area contributed by atoms with Crippen LogP contribution in [0.2, 0.25) is 0 Å². The van der Waals surface area contributed by atoms with E-state index in [0.717, 1.165) is 0 Å². The monoisotopic (exact) mass is 271 g/mol. The first-order valence-electron chi connectivity index (χ1n) is 6.30. The van der Waals surface area contributed by atoms with Gasteiger partial charge in [-0.25, -0.2) is 0 Å². The highest BCUT2D eigenvalue weighted by Gasteiger charge is 2.19. The molecule has 6 heteroatoms. The van der Waals surface area contributed by atoms with Crippen LogP contribution in [0.1, 0.15) is 13.8 Å². The first-order chi connectivity index (χ1) is 8.65. The van der Waals surface area contributed by atoms with Crippen LogP contribution in [0.4, 0.5) is 0 Å². The number of hydrogen-bond donors (Lipinski definition) is 0. The van der Waals surface area contributed by atoms with Crippen LogP contribution in [0, 0.1) is 5.92 Å². The van der Waals surface area contributed by atoms with Crippen LogP contribution in [0.5, 0.6) is 0 Å². The molecule has 0 aromatic carbocycles. The molecule has 0 spiro atoms. The molecule has 0 fully saturated rings. The zero-order valence-corrected chi connectivity index (χ0v) is 12.8. The molecule has 0 N–H and O–H groups in total. The molecular formula is C13H25N3O3. The van der Waals surface area contributed by atoms with Crippen molar-refractivity contribution in [3.05, 3.63) is 0 Å². The van der Waals surface area contributed by atoms with E-state index in [-0.39, 0.29) is 43.1 Å². The van der Waals surface area contributed by atoms with E-state index in [0.29, 0.717) is 0 Å². The number of hydrogen-bond acceptors (Lipinski definition) is 4. The van der Waals surface area contributed by atoms with Gasteiger partial charge in [0.2, 0.25) is 11.8 Å². The Labute approximate surface area is 115 Å². The molecule has 0 heterocycles. The zero-order valence-electron chi connectivity index (χ0n) is 12.8. The SMILES string of the molecule is CC(C)C(=O)CN(C)C(=O)CN(C)C(=O)CN(C)C. The van der Waals surface area contributed by atoms with Crippen molar-refractivity contribution in [2.75, 3.05) is 47.8 Å². The number of ketones is 1. The summed E-state index contributed by atoms with van der Waals surface area (Å²) in [5.41, 5.74) is 0. The maximum Gasteiger partial charge on any atom is 0.242 e. The Balaban J connectivity index is 4.29. The number of likely N-dealkylation sites (N-methyl/N-ethyl adjacent to an activating group) is 3. The molecule has 0 saturated heterocycles. The standard InChI is InChI=1S/C13H25N3O3/c1-10(2)11(17)7-15(5)13(19)9-16(6)12(18)8-14(3)4/h10H,7-9H2,1-6H3. The van der Waals surface area contributed by atoms with Gasteiger partial charge in [0.1, 0.15) is 0 Å². The predicted octanol–water partition coefficient (Wildman–Crippen LogP) is -0.310. The van der Waals surface area contributed by atoms with E-state index in [1.54, 1.807) is 46.9 Å². The van der Waals surface area contributed by atoms with Gasteiger partial charge >= 0.3 is 0 Å². The Morgan fingerprint density at radius 2 is 1.21 bits per heavy atom. The molecule has 0 aliphatic carbocycles. The van der Waals surface area contributed by atoms with Gasteiger partial charge in [-0.2, -0.15) is 0 Å². The Bertz CT molecular complexity index is 340. The van der Waals surface area contributed by atoms with E-state index >= 15 is 0 Å². The topological polar surface area (TPSA) is 60.9 Å². The third kappa shape index (κ3) is 6.91. The average molecular weight is 271 g/mol. The second-order valence-corrected chi connectivity index (χ2v) is 5.36. The molecule has 0 bridgehead atoms. The molecule has 19 heavy (non-hydrogen) atoms. The summed E-state index contributed by atoms with van der Waals surface area (Å²) in [6.07, 6.45) is 0. The minimum absolute atomic E-state index is 0.00541. The highest BCUT2D eigenvalue weighted by molar-refractivity contribution is 5.89. The number of nitrogens with zero attached hydrogens (tertiary/aromatic N) is 3. The Morgan fingerprint density at radius 3 is 1.63 bits per heavy atom. The van der Waals surface area contributed by atoms with E-state index in [1.165, 1.54) is 9.80 Å². The average Bonchev–Trinajstić information content (AvgIpc) is 2.27. The van der Waals surface area contributed by atoms with Crippen LogP contribution in [-0.4, -0.2) is 80.1 Å². The normalized spacial score (nSPS) is 10.7. The van der Waals surface area contributed by atoms with Crippen molar-refractivity contribution in [3.63, 3.8) is 0 Å². The van der Waals surface area contributed by atoms with Crippen LogP contribution in [0.25, 0.3) is 0 Å². The van der Waals surface area contributed by atoms with Gasteiger partial charge in [0.15, 0.2) is 5.78 Å². The van der Waals surface area contributed by atoms with Crippen LogP contribution >= 0.6 is 0 Å². The van der Waals surface area contributed by atoms with Gasteiger partial charge in [-0.05, 0) is 14.1 Å². The molecule has 110 valence electrons. The molecule has 0 saturated carbocycles. The van der Waals surface area contributed by atoms with Gasteiger partial charge < -0.3 is 14.7 Å². The highest BCUT2D eigenvalue weighted by atomic mass is 16.2. The molecule has 0 atom stereocenters. The first-order valence-corrected chi connectivity index (χ1v) is 6.30. The summed E-state index contributed by atoms with van der Waals surface area (Å²) in [6, 6.07) is 0. The number of Topliss-reactive ketones (excluding diaryl/α,β-unsaturated/α-hetero) is 1. The first kappa shape index (κ1) is 17.6. The molecular weight excluding hydrogens is 246 g/mol. The summed E-state index contributed by atoms with van der Waals surface area (Å²) in [7, 11) is 6.75. The largest absolute Gasteiger partial charge is 0.337 e. The fourth-order valence-electron chi connectivity index (χ4n) is 1.31. The van der Waals surface area contributed by atoms with Crippen LogP contribution in [0.3, 0.4) is 0 Å². The zero-order chi connectivity index (χ0) is 15.2. The van der Waals surface area contributed by atoms with E-state index in [1.807, 2.05) is 0 Å². The third-order valence-electron chi connectivity index (χ3n) is 2.71. The molecule has 0 aliphatic rings. The van der Waals surface area contributed by atoms with E-state index in [2.05, 4.69) is 0 Å². The Kier molecular flexibility index (Phi) is 7.29. The Morgan fingerprint density at radius 1 is 0.789 bits per heavy atom. The fraction of sp³-hybridized carbons (Fsp3) is 0.769. The van der Waals surface area contributed by atoms with Gasteiger partial charge in [0.25, 0.3) is 0 Å². The van der Waals surface area contributed by atoms with Gasteiger partial charge in [0.05, 0.1) is 19.6 Å². The maximum absolute atomic E-state index is 11.9. The molecule has 0 aromatic heterocycles. The summed E-state index contributed by atoms with van der Waals surface area (Å²) < 4.78 is 0. The van der Waals surface area contributed by atoms with Gasteiger partial charge in [0, 0.05) is 20.0 Å². The molecule has 0 unspecified atom stereocenters. The summed E-state index contributed by atoms with van der Waals surface area (Å²) >= 11 is 0. The molecule has 0 radical (unpaired) electrons. The van der Waals surface area contributed by atoms with Gasteiger partial charge in [-0.15, -0.1) is 0 Å². The van der Waals surface area contributed by atoms with Crippen molar-refractivity contribution in [2.45, 2.75) is 13.8 Å². The van der Waals surface area contributed by atoms with Crippen molar-refractivity contribution in [2.24, 2.45) is 5.92 Å². The summed E-state index contributed by atoms with van der Waals surface area (Å²) in [5, 5.41) is 0. The summed E-state index contributed by atoms with van der Waals surface area (Å²) in [6.45, 7) is 3.94. The number of carbonyl (C=O) groups is 3. The lowest BCUT2D eigenvalue weighted by atomic mass is 10.1. The maximum atomic E-state index is 11.9. The van der Waals surface area contributed by atoms with E-state index in [4.69, 9.17) is 0 Å². The highest BCUT2D eigenvalue weighted by Crippen LogP contribution is 1.98.